The van der Waals surface area contributed by atoms with Gasteiger partial charge in [-0.2, -0.15) is 0 Å². The zero-order valence-electron chi connectivity index (χ0n) is 15.3. The predicted octanol–water partition coefficient (Wildman–Crippen LogP) is 3.31. The van der Waals surface area contributed by atoms with Crippen molar-refractivity contribution in [3.63, 3.8) is 0 Å². The van der Waals surface area contributed by atoms with Crippen molar-refractivity contribution in [3.8, 4) is 5.75 Å². The Labute approximate surface area is 160 Å². The molecule has 144 valence electrons. The van der Waals surface area contributed by atoms with Crippen LogP contribution in [-0.4, -0.2) is 24.0 Å². The van der Waals surface area contributed by atoms with E-state index in [9.17, 15) is 14.0 Å². The summed E-state index contributed by atoms with van der Waals surface area (Å²) in [5.41, 5.74) is 1.88. The van der Waals surface area contributed by atoms with E-state index in [4.69, 9.17) is 9.26 Å². The summed E-state index contributed by atoms with van der Waals surface area (Å²) in [4.78, 5) is 24.0. The van der Waals surface area contributed by atoms with Crippen molar-refractivity contribution in [2.45, 2.75) is 13.5 Å². The highest BCUT2D eigenvalue weighted by molar-refractivity contribution is 6.03. The summed E-state index contributed by atoms with van der Waals surface area (Å²) in [6, 6.07) is 12.0. The molecule has 2 amide bonds. The molecule has 0 saturated heterocycles. The molecule has 1 heterocycles. The molecule has 2 N–H and O–H groups in total. The summed E-state index contributed by atoms with van der Waals surface area (Å²) >= 11 is 0. The first-order chi connectivity index (χ1) is 13.5. The lowest BCUT2D eigenvalue weighted by molar-refractivity contribution is 0.0962. The minimum atomic E-state index is -0.451. The van der Waals surface area contributed by atoms with Gasteiger partial charge in [-0.1, -0.05) is 5.16 Å². The van der Waals surface area contributed by atoms with E-state index in [1.165, 1.54) is 30.3 Å². The number of nitrogens with one attached hydrogen (secondary N) is 2. The van der Waals surface area contributed by atoms with Crippen molar-refractivity contribution in [3.05, 3.63) is 76.9 Å². The second-order valence-corrected chi connectivity index (χ2v) is 5.98. The lowest BCUT2D eigenvalue weighted by Crippen LogP contribution is -2.18. The number of anilines is 1. The van der Waals surface area contributed by atoms with E-state index < -0.39 is 5.91 Å². The quantitative estimate of drug-likeness (QED) is 0.681. The fraction of sp³-hybridized carbons (Fsp3) is 0.150. The Morgan fingerprint density at radius 2 is 1.86 bits per heavy atom. The van der Waals surface area contributed by atoms with Crippen molar-refractivity contribution in [1.82, 2.24) is 10.5 Å². The molecule has 3 rings (SSSR count). The van der Waals surface area contributed by atoms with Gasteiger partial charge < -0.3 is 19.9 Å². The largest absolute Gasteiger partial charge is 0.486 e. The summed E-state index contributed by atoms with van der Waals surface area (Å²) in [5.74, 6) is -0.197. The molecule has 28 heavy (non-hydrogen) atoms. The van der Waals surface area contributed by atoms with Gasteiger partial charge >= 0.3 is 0 Å². The van der Waals surface area contributed by atoms with Crippen molar-refractivity contribution in [2.24, 2.45) is 0 Å². The fourth-order valence-electron chi connectivity index (χ4n) is 2.45. The molecule has 0 atom stereocenters. The molecule has 2 aromatic carbocycles. The molecule has 3 aromatic rings. The number of ether oxygens (including phenoxy) is 1. The Morgan fingerprint density at radius 1 is 1.11 bits per heavy atom. The third-order valence-corrected chi connectivity index (χ3v) is 3.95. The van der Waals surface area contributed by atoms with E-state index >= 15 is 0 Å². The smallest absolute Gasteiger partial charge is 0.277 e. The summed E-state index contributed by atoms with van der Waals surface area (Å²) < 4.78 is 23.4. The van der Waals surface area contributed by atoms with Gasteiger partial charge in [-0.15, -0.1) is 0 Å². The molecule has 0 unspecified atom stereocenters. The number of carbonyl (C=O) groups excluding carboxylic acids is 2. The maximum atomic E-state index is 12.9. The number of hydrogen-bond donors (Lipinski definition) is 2. The van der Waals surface area contributed by atoms with E-state index in [1.54, 1.807) is 32.2 Å². The number of amides is 2. The Kier molecular flexibility index (Phi) is 5.69. The van der Waals surface area contributed by atoms with E-state index in [2.05, 4.69) is 15.8 Å². The van der Waals surface area contributed by atoms with E-state index in [0.29, 0.717) is 22.8 Å². The molecule has 0 radical (unpaired) electrons. The molecule has 0 aliphatic rings. The fourth-order valence-corrected chi connectivity index (χ4v) is 2.45. The van der Waals surface area contributed by atoms with Crippen LogP contribution >= 0.6 is 0 Å². The van der Waals surface area contributed by atoms with Crippen LogP contribution in [0.15, 0.2) is 53.1 Å². The topological polar surface area (TPSA) is 93.5 Å². The molecular formula is C20H18FN3O4. The van der Waals surface area contributed by atoms with Gasteiger partial charge in [0.05, 0.1) is 0 Å². The molecule has 0 bridgehead atoms. The zero-order valence-corrected chi connectivity index (χ0v) is 15.3. The Bertz CT molecular complexity index is 999. The maximum Gasteiger partial charge on any atom is 0.277 e. The molecule has 0 aliphatic carbocycles. The molecular weight excluding hydrogens is 365 g/mol. The van der Waals surface area contributed by atoms with Gasteiger partial charge in [-0.3, -0.25) is 9.59 Å². The highest BCUT2D eigenvalue weighted by Gasteiger charge is 2.15. The number of hydrogen-bond acceptors (Lipinski definition) is 5. The predicted molar refractivity (Wildman–Crippen MR) is 99.8 cm³/mol. The highest BCUT2D eigenvalue weighted by atomic mass is 19.1. The van der Waals surface area contributed by atoms with Crippen LogP contribution in [-0.2, 0) is 6.61 Å². The van der Waals surface area contributed by atoms with Crippen LogP contribution in [0.5, 0.6) is 5.75 Å². The lowest BCUT2D eigenvalue weighted by Gasteiger charge is -2.08. The van der Waals surface area contributed by atoms with Gasteiger partial charge in [-0.25, -0.2) is 4.39 Å². The van der Waals surface area contributed by atoms with Crippen LogP contribution in [0.2, 0.25) is 0 Å². The van der Waals surface area contributed by atoms with Gasteiger partial charge in [0.25, 0.3) is 11.8 Å². The average molecular weight is 383 g/mol. The monoisotopic (exact) mass is 383 g/mol. The first-order valence-electron chi connectivity index (χ1n) is 8.44. The lowest BCUT2D eigenvalue weighted by atomic mass is 10.1. The van der Waals surface area contributed by atoms with Crippen LogP contribution in [0, 0.1) is 12.7 Å². The first kappa shape index (κ1) is 19.1. The number of nitrogens with zero attached hydrogens (tertiary/aromatic N) is 1. The third kappa shape index (κ3) is 4.53. The summed E-state index contributed by atoms with van der Waals surface area (Å²) in [7, 11) is 1.55. The molecule has 0 saturated carbocycles. The molecule has 0 spiro atoms. The van der Waals surface area contributed by atoms with E-state index in [-0.39, 0.29) is 24.0 Å². The van der Waals surface area contributed by atoms with Gasteiger partial charge in [0.2, 0.25) is 0 Å². The number of benzene rings is 2. The summed E-state index contributed by atoms with van der Waals surface area (Å²) in [6.45, 7) is 1.83. The van der Waals surface area contributed by atoms with Crippen LogP contribution in [0.3, 0.4) is 0 Å². The second-order valence-electron chi connectivity index (χ2n) is 5.98. The van der Waals surface area contributed by atoms with Gasteiger partial charge in [-0.05, 0) is 55.0 Å². The van der Waals surface area contributed by atoms with Crippen molar-refractivity contribution in [2.75, 3.05) is 12.4 Å². The number of carbonyl (C=O) groups is 2. The number of aryl methyl sites for hydroxylation is 1. The van der Waals surface area contributed by atoms with Gasteiger partial charge in [0.1, 0.15) is 18.2 Å². The van der Waals surface area contributed by atoms with Crippen LogP contribution in [0.4, 0.5) is 10.1 Å². The van der Waals surface area contributed by atoms with Crippen LogP contribution in [0.25, 0.3) is 0 Å². The van der Waals surface area contributed by atoms with Crippen molar-refractivity contribution in [1.29, 1.82) is 0 Å². The molecule has 0 aliphatic heterocycles. The third-order valence-electron chi connectivity index (χ3n) is 3.95. The SMILES string of the molecule is CNC(=O)c1ccc(NC(=O)c2cc(COc3ccc(F)cc3)on2)c(C)c1. The Balaban J connectivity index is 1.62. The van der Waals surface area contributed by atoms with Crippen LogP contribution < -0.4 is 15.4 Å². The van der Waals surface area contributed by atoms with Crippen LogP contribution in [0.1, 0.15) is 32.2 Å². The molecule has 1 aromatic heterocycles. The molecule has 7 nitrogen and oxygen atoms in total. The normalized spacial score (nSPS) is 10.4. The maximum absolute atomic E-state index is 12.9. The highest BCUT2D eigenvalue weighted by Crippen LogP contribution is 2.18. The minimum absolute atomic E-state index is 0.0474. The van der Waals surface area contributed by atoms with Crippen molar-refractivity contribution < 1.29 is 23.2 Å². The molecule has 0 fully saturated rings. The zero-order chi connectivity index (χ0) is 20.1. The summed E-state index contributed by atoms with van der Waals surface area (Å²) in [5, 5.41) is 9.01. The van der Waals surface area contributed by atoms with Gasteiger partial charge in [0.15, 0.2) is 11.5 Å². The number of halogens is 1. The minimum Gasteiger partial charge on any atom is -0.486 e. The Hall–Kier alpha value is -3.68. The second kappa shape index (κ2) is 8.34. The number of rotatable bonds is 6. The number of aromatic nitrogens is 1. The first-order valence-corrected chi connectivity index (χ1v) is 8.44. The van der Waals surface area contributed by atoms with E-state index in [0.717, 1.165) is 5.56 Å². The Morgan fingerprint density at radius 3 is 2.54 bits per heavy atom. The van der Waals surface area contributed by atoms with E-state index in [1.807, 2.05) is 0 Å². The van der Waals surface area contributed by atoms with Crippen molar-refractivity contribution >= 4 is 17.5 Å². The standard InChI is InChI=1S/C20H18FN3O4/c1-12-9-13(19(25)22-2)3-8-17(12)23-20(26)18-10-16(28-24-18)11-27-15-6-4-14(21)5-7-15/h3-10H,11H2,1-2H3,(H,22,25)(H,23,26). The average Bonchev–Trinajstić information content (AvgIpc) is 3.17. The summed E-state index contributed by atoms with van der Waals surface area (Å²) in [6.07, 6.45) is 0. The molecule has 8 heteroatoms. The van der Waals surface area contributed by atoms with Gasteiger partial charge in [0, 0.05) is 24.4 Å².